The van der Waals surface area contributed by atoms with Crippen LogP contribution in [-0.4, -0.2) is 34.9 Å². The maximum atomic E-state index is 13.2. The number of hydrogen-bond acceptors (Lipinski definition) is 4. The van der Waals surface area contributed by atoms with Crippen LogP contribution in [0.5, 0.6) is 0 Å². The largest absolute Gasteiger partial charge is 0.347 e. The number of hydrogen-bond donors (Lipinski definition) is 1. The first-order chi connectivity index (χ1) is 13.9. The lowest BCUT2D eigenvalue weighted by Gasteiger charge is -2.28. The molecule has 0 unspecified atom stereocenters. The minimum atomic E-state index is -0.944. The van der Waals surface area contributed by atoms with Crippen LogP contribution in [0.4, 0.5) is 0 Å². The van der Waals surface area contributed by atoms with Crippen molar-refractivity contribution in [2.75, 3.05) is 0 Å². The van der Waals surface area contributed by atoms with Crippen LogP contribution in [0.3, 0.4) is 0 Å². The van der Waals surface area contributed by atoms with Crippen LogP contribution in [0, 0.1) is 5.92 Å². The molecule has 2 aromatic rings. The highest BCUT2D eigenvalue weighted by Crippen LogP contribution is 2.27. The topological polar surface area (TPSA) is 83.6 Å². The fourth-order valence-corrected chi connectivity index (χ4v) is 3.59. The predicted molar refractivity (Wildman–Crippen MR) is 108 cm³/mol. The summed E-state index contributed by atoms with van der Waals surface area (Å²) in [6, 6.07) is 14.3. The fourth-order valence-electron chi connectivity index (χ4n) is 3.59. The molecule has 0 bridgehead atoms. The first kappa shape index (κ1) is 20.5. The van der Waals surface area contributed by atoms with E-state index >= 15 is 0 Å². The second-order valence-electron chi connectivity index (χ2n) is 7.55. The smallest absolute Gasteiger partial charge is 0.262 e. The van der Waals surface area contributed by atoms with Gasteiger partial charge in [-0.2, -0.15) is 0 Å². The van der Waals surface area contributed by atoms with Gasteiger partial charge in [-0.3, -0.25) is 19.3 Å². The Morgan fingerprint density at radius 2 is 1.52 bits per heavy atom. The number of imide groups is 1. The van der Waals surface area contributed by atoms with Crippen molar-refractivity contribution in [3.8, 4) is 0 Å². The number of nitrogens with zero attached hydrogens (tertiary/aromatic N) is 1. The molecule has 0 radical (unpaired) electrons. The molecule has 0 fully saturated rings. The van der Waals surface area contributed by atoms with E-state index in [4.69, 9.17) is 0 Å². The highest BCUT2D eigenvalue weighted by molar-refractivity contribution is 6.22. The average molecular weight is 392 g/mol. The van der Waals surface area contributed by atoms with E-state index in [1.165, 1.54) is 0 Å². The van der Waals surface area contributed by atoms with Crippen LogP contribution >= 0.6 is 0 Å². The number of aldehydes is 1. The second kappa shape index (κ2) is 8.82. The minimum Gasteiger partial charge on any atom is -0.347 e. The number of fused-ring (bicyclic) bond motifs is 1. The first-order valence-electron chi connectivity index (χ1n) is 9.70. The molecule has 6 heteroatoms. The molecule has 0 aliphatic carbocycles. The molecule has 150 valence electrons. The molecule has 2 aromatic carbocycles. The summed E-state index contributed by atoms with van der Waals surface area (Å²) >= 11 is 0. The van der Waals surface area contributed by atoms with Crippen LogP contribution in [0.2, 0.25) is 0 Å². The van der Waals surface area contributed by atoms with Crippen molar-refractivity contribution >= 4 is 24.0 Å². The van der Waals surface area contributed by atoms with Gasteiger partial charge in [-0.1, -0.05) is 56.3 Å². The molecule has 1 N–H and O–H groups in total. The van der Waals surface area contributed by atoms with Crippen LogP contribution in [0.1, 0.15) is 59.0 Å². The number of amides is 3. The molecule has 1 aliphatic heterocycles. The van der Waals surface area contributed by atoms with Crippen molar-refractivity contribution in [2.45, 2.75) is 38.8 Å². The zero-order valence-electron chi connectivity index (χ0n) is 16.5. The molecule has 1 heterocycles. The lowest BCUT2D eigenvalue weighted by atomic mass is 9.99. The minimum absolute atomic E-state index is 0.0799. The number of carbonyl (C=O) groups is 4. The molecule has 3 amide bonds. The van der Waals surface area contributed by atoms with E-state index in [0.717, 1.165) is 16.7 Å². The van der Waals surface area contributed by atoms with Gasteiger partial charge >= 0.3 is 0 Å². The zero-order chi connectivity index (χ0) is 21.0. The summed E-state index contributed by atoms with van der Waals surface area (Å²) in [7, 11) is 0. The molecule has 3 rings (SSSR count). The number of nitrogens with one attached hydrogen (secondary N) is 1. The summed E-state index contributed by atoms with van der Waals surface area (Å²) in [6.45, 7) is 3.86. The van der Waals surface area contributed by atoms with Gasteiger partial charge in [-0.05, 0) is 30.0 Å². The van der Waals surface area contributed by atoms with E-state index < -0.39 is 29.8 Å². The Morgan fingerprint density at radius 3 is 2.03 bits per heavy atom. The normalized spacial score (nSPS) is 15.2. The Morgan fingerprint density at radius 1 is 0.966 bits per heavy atom. The van der Waals surface area contributed by atoms with Crippen molar-refractivity contribution in [1.29, 1.82) is 0 Å². The van der Waals surface area contributed by atoms with Crippen LogP contribution in [-0.2, 0) is 9.59 Å². The molecule has 0 aromatic heterocycles. The van der Waals surface area contributed by atoms with E-state index in [9.17, 15) is 19.2 Å². The zero-order valence-corrected chi connectivity index (χ0v) is 16.5. The van der Waals surface area contributed by atoms with Crippen LogP contribution in [0.15, 0.2) is 54.6 Å². The third-order valence-electron chi connectivity index (χ3n) is 4.98. The number of carbonyl (C=O) groups excluding carboxylic acids is 4. The van der Waals surface area contributed by atoms with Gasteiger partial charge in [-0.25, -0.2) is 0 Å². The summed E-state index contributed by atoms with van der Waals surface area (Å²) in [4.78, 5) is 51.2. The van der Waals surface area contributed by atoms with Gasteiger partial charge in [0.15, 0.2) is 0 Å². The highest BCUT2D eigenvalue weighted by atomic mass is 16.2. The van der Waals surface area contributed by atoms with E-state index in [2.05, 4.69) is 5.32 Å². The summed E-state index contributed by atoms with van der Waals surface area (Å²) in [5, 5.41) is 2.87. The fraction of sp³-hybridized carbons (Fsp3) is 0.304. The molecule has 29 heavy (non-hydrogen) atoms. The van der Waals surface area contributed by atoms with Crippen molar-refractivity contribution in [2.24, 2.45) is 5.92 Å². The highest BCUT2D eigenvalue weighted by Gasteiger charge is 2.43. The molecule has 6 nitrogen and oxygen atoms in total. The Hall–Kier alpha value is -3.28. The van der Waals surface area contributed by atoms with Crippen molar-refractivity contribution in [3.05, 3.63) is 71.3 Å². The molecular formula is C23H24N2O4. The number of benzene rings is 2. The third-order valence-corrected chi connectivity index (χ3v) is 4.98. The van der Waals surface area contributed by atoms with Gasteiger partial charge in [-0.15, -0.1) is 0 Å². The van der Waals surface area contributed by atoms with Gasteiger partial charge in [0.25, 0.3) is 11.8 Å². The van der Waals surface area contributed by atoms with E-state index in [1.54, 1.807) is 24.3 Å². The first-order valence-corrected chi connectivity index (χ1v) is 9.70. The maximum absolute atomic E-state index is 13.2. The molecule has 0 spiro atoms. The standard InChI is InChI=1S/C23H24N2O4/c1-15(2)14-20(25-22(28)17-10-6-7-11-18(17)23(25)29)21(27)24-19(12-13-26)16-8-4-3-5-9-16/h3-11,13,15,19-20H,12,14H2,1-2H3,(H,24,27)/t19-,20+/m1/s1. The quantitative estimate of drug-likeness (QED) is 0.553. The Labute approximate surface area is 169 Å². The van der Waals surface area contributed by atoms with E-state index in [0.29, 0.717) is 17.5 Å². The maximum Gasteiger partial charge on any atom is 0.262 e. The van der Waals surface area contributed by atoms with Gasteiger partial charge in [0.2, 0.25) is 5.91 Å². The number of rotatable bonds is 8. The van der Waals surface area contributed by atoms with Crippen LogP contribution < -0.4 is 5.32 Å². The van der Waals surface area contributed by atoms with Crippen molar-refractivity contribution in [1.82, 2.24) is 10.2 Å². The Kier molecular flexibility index (Phi) is 6.22. The molecule has 1 aliphatic rings. The van der Waals surface area contributed by atoms with Gasteiger partial charge in [0, 0.05) is 6.42 Å². The second-order valence-corrected chi connectivity index (χ2v) is 7.55. The van der Waals surface area contributed by atoms with E-state index in [1.807, 2.05) is 44.2 Å². The molecule has 0 saturated heterocycles. The van der Waals surface area contributed by atoms with Gasteiger partial charge < -0.3 is 10.1 Å². The predicted octanol–water partition coefficient (Wildman–Crippen LogP) is 3.14. The third kappa shape index (κ3) is 4.26. The Balaban J connectivity index is 1.89. The summed E-state index contributed by atoms with van der Waals surface area (Å²) < 4.78 is 0. The lowest BCUT2D eigenvalue weighted by molar-refractivity contribution is -0.126. The van der Waals surface area contributed by atoms with Crippen molar-refractivity contribution < 1.29 is 19.2 Å². The molecule has 2 atom stereocenters. The summed E-state index contributed by atoms with van der Waals surface area (Å²) in [5.41, 5.74) is 1.41. The van der Waals surface area contributed by atoms with Gasteiger partial charge in [0.05, 0.1) is 17.2 Å². The Bertz CT molecular complexity index is 888. The summed E-state index contributed by atoms with van der Waals surface area (Å²) in [6.07, 6.45) is 1.18. The van der Waals surface area contributed by atoms with Gasteiger partial charge in [0.1, 0.15) is 12.3 Å². The van der Waals surface area contributed by atoms with Crippen molar-refractivity contribution in [3.63, 3.8) is 0 Å². The lowest BCUT2D eigenvalue weighted by Crippen LogP contribution is -2.50. The molecule has 0 saturated carbocycles. The van der Waals surface area contributed by atoms with Crippen LogP contribution in [0.25, 0.3) is 0 Å². The summed E-state index contributed by atoms with van der Waals surface area (Å²) in [5.74, 6) is -1.28. The van der Waals surface area contributed by atoms with E-state index in [-0.39, 0.29) is 12.3 Å². The monoisotopic (exact) mass is 392 g/mol. The molecular weight excluding hydrogens is 368 g/mol. The SMILES string of the molecule is CC(C)C[C@@H](C(=O)N[C@H](CC=O)c1ccccc1)N1C(=O)c2ccccc2C1=O. The average Bonchev–Trinajstić information content (AvgIpc) is 2.97.